The fraction of sp³-hybridized carbons (Fsp3) is 0.444. The first-order valence-corrected chi connectivity index (χ1v) is 8.51. The van der Waals surface area contributed by atoms with Gasteiger partial charge in [0.05, 0.1) is 12.6 Å². The Kier molecular flexibility index (Phi) is 4.83. The number of benzene rings is 1. The van der Waals surface area contributed by atoms with Crippen molar-refractivity contribution in [3.63, 3.8) is 0 Å². The van der Waals surface area contributed by atoms with E-state index in [-0.39, 0.29) is 35.2 Å². The summed E-state index contributed by atoms with van der Waals surface area (Å²) in [6.45, 7) is 5.16. The van der Waals surface area contributed by atoms with Crippen LogP contribution in [-0.2, 0) is 13.0 Å². The first-order valence-electron chi connectivity index (χ1n) is 8.51. The standard InChI is InChI=1S/C18H23N5O2/c1-12(2)14-11-23-16(17(24)19-14)15(20-21-23)18(25)22(3)10-9-13-7-5-4-6-8-13/h4-8,12,14H,9-11H2,1-3H3,(H,19,24)/t14-/m1/s1. The van der Waals surface area contributed by atoms with E-state index in [1.54, 1.807) is 16.6 Å². The van der Waals surface area contributed by atoms with Gasteiger partial charge in [-0.1, -0.05) is 49.4 Å². The van der Waals surface area contributed by atoms with Gasteiger partial charge in [-0.15, -0.1) is 5.10 Å². The molecule has 2 amide bonds. The lowest BCUT2D eigenvalue weighted by Crippen LogP contribution is -2.48. The highest BCUT2D eigenvalue weighted by molar-refractivity contribution is 6.05. The van der Waals surface area contributed by atoms with Crippen molar-refractivity contribution in [1.82, 2.24) is 25.2 Å². The summed E-state index contributed by atoms with van der Waals surface area (Å²) in [4.78, 5) is 26.7. The van der Waals surface area contributed by atoms with Crippen LogP contribution in [0.2, 0.25) is 0 Å². The second kappa shape index (κ2) is 7.04. The number of hydrogen-bond donors (Lipinski definition) is 1. The van der Waals surface area contributed by atoms with Crippen molar-refractivity contribution < 1.29 is 9.59 Å². The summed E-state index contributed by atoms with van der Waals surface area (Å²) in [6, 6.07) is 9.96. The third-order valence-electron chi connectivity index (χ3n) is 4.57. The zero-order valence-electron chi connectivity index (χ0n) is 14.8. The van der Waals surface area contributed by atoms with Crippen LogP contribution in [0.5, 0.6) is 0 Å². The number of hydrogen-bond acceptors (Lipinski definition) is 4. The molecule has 0 aliphatic carbocycles. The van der Waals surface area contributed by atoms with E-state index in [4.69, 9.17) is 0 Å². The third kappa shape index (κ3) is 3.55. The normalized spacial score (nSPS) is 16.5. The van der Waals surface area contributed by atoms with Gasteiger partial charge in [0.1, 0.15) is 0 Å². The molecule has 0 saturated heterocycles. The van der Waals surface area contributed by atoms with Gasteiger partial charge in [0.25, 0.3) is 11.8 Å². The largest absolute Gasteiger partial charge is 0.346 e. The Hall–Kier alpha value is -2.70. The molecule has 1 aliphatic rings. The summed E-state index contributed by atoms with van der Waals surface area (Å²) in [5.74, 6) is -0.279. The van der Waals surface area contributed by atoms with Gasteiger partial charge in [0.15, 0.2) is 11.4 Å². The Labute approximate surface area is 147 Å². The molecule has 2 heterocycles. The Bertz CT molecular complexity index is 769. The highest BCUT2D eigenvalue weighted by Gasteiger charge is 2.33. The summed E-state index contributed by atoms with van der Waals surface area (Å²) in [7, 11) is 1.72. The molecule has 1 aromatic carbocycles. The van der Waals surface area contributed by atoms with Crippen LogP contribution in [0.3, 0.4) is 0 Å². The van der Waals surface area contributed by atoms with Crippen LogP contribution in [0.1, 0.15) is 40.4 Å². The molecule has 25 heavy (non-hydrogen) atoms. The average Bonchev–Trinajstić information content (AvgIpc) is 3.04. The van der Waals surface area contributed by atoms with Crippen molar-refractivity contribution in [1.29, 1.82) is 0 Å². The monoisotopic (exact) mass is 341 g/mol. The number of rotatable bonds is 5. The first kappa shape index (κ1) is 17.1. The molecule has 7 nitrogen and oxygen atoms in total. The van der Waals surface area contributed by atoms with E-state index < -0.39 is 0 Å². The van der Waals surface area contributed by atoms with Crippen LogP contribution in [0.15, 0.2) is 30.3 Å². The molecule has 0 saturated carbocycles. The van der Waals surface area contributed by atoms with E-state index in [0.29, 0.717) is 13.1 Å². The van der Waals surface area contributed by atoms with Crippen LogP contribution in [-0.4, -0.2) is 51.3 Å². The maximum atomic E-state index is 12.7. The number of nitrogens with zero attached hydrogens (tertiary/aromatic N) is 4. The zero-order chi connectivity index (χ0) is 18.0. The fourth-order valence-electron chi connectivity index (χ4n) is 2.88. The van der Waals surface area contributed by atoms with Crippen molar-refractivity contribution in [3.05, 3.63) is 47.3 Å². The quantitative estimate of drug-likeness (QED) is 0.890. The summed E-state index contributed by atoms with van der Waals surface area (Å²) in [5.41, 5.74) is 1.54. The summed E-state index contributed by atoms with van der Waals surface area (Å²) >= 11 is 0. The van der Waals surface area contributed by atoms with Crippen LogP contribution in [0, 0.1) is 5.92 Å². The lowest BCUT2D eigenvalue weighted by molar-refractivity contribution is 0.0775. The van der Waals surface area contributed by atoms with Gasteiger partial charge in [-0.2, -0.15) is 0 Å². The van der Waals surface area contributed by atoms with Gasteiger partial charge in [-0.05, 0) is 17.9 Å². The minimum atomic E-state index is -0.283. The number of aromatic nitrogens is 3. The summed E-state index contributed by atoms with van der Waals surface area (Å²) < 4.78 is 1.54. The minimum absolute atomic E-state index is 0.000428. The van der Waals surface area contributed by atoms with E-state index in [1.807, 2.05) is 44.2 Å². The fourth-order valence-corrected chi connectivity index (χ4v) is 2.88. The molecule has 1 N–H and O–H groups in total. The molecule has 1 atom stereocenters. The van der Waals surface area contributed by atoms with Crippen molar-refractivity contribution in [2.24, 2.45) is 5.92 Å². The van der Waals surface area contributed by atoms with Crippen molar-refractivity contribution in [2.75, 3.05) is 13.6 Å². The molecule has 0 fully saturated rings. The van der Waals surface area contributed by atoms with Gasteiger partial charge >= 0.3 is 0 Å². The second-order valence-corrected chi connectivity index (χ2v) is 6.76. The molecule has 1 aliphatic heterocycles. The van der Waals surface area contributed by atoms with Gasteiger partial charge in [0.2, 0.25) is 0 Å². The number of carbonyl (C=O) groups is 2. The number of likely N-dealkylation sites (N-methyl/N-ethyl adjacent to an activating group) is 1. The summed E-state index contributed by atoms with van der Waals surface area (Å²) in [5, 5.41) is 10.9. The molecule has 0 radical (unpaired) electrons. The van der Waals surface area contributed by atoms with Gasteiger partial charge in [-0.3, -0.25) is 9.59 Å². The van der Waals surface area contributed by atoms with Crippen molar-refractivity contribution in [2.45, 2.75) is 32.9 Å². The lowest BCUT2D eigenvalue weighted by atomic mass is 10.0. The van der Waals surface area contributed by atoms with Crippen molar-refractivity contribution >= 4 is 11.8 Å². The molecular formula is C18H23N5O2. The predicted octanol–water partition coefficient (Wildman–Crippen LogP) is 1.36. The molecule has 3 rings (SSSR count). The predicted molar refractivity (Wildman–Crippen MR) is 93.2 cm³/mol. The summed E-state index contributed by atoms with van der Waals surface area (Å²) in [6.07, 6.45) is 0.744. The molecule has 132 valence electrons. The molecule has 0 unspecified atom stereocenters. The highest BCUT2D eigenvalue weighted by Crippen LogP contribution is 2.17. The molecule has 7 heteroatoms. The Morgan fingerprint density at radius 2 is 2.08 bits per heavy atom. The number of nitrogens with one attached hydrogen (secondary N) is 1. The maximum Gasteiger partial charge on any atom is 0.276 e. The third-order valence-corrected chi connectivity index (χ3v) is 4.57. The van der Waals surface area contributed by atoms with E-state index in [2.05, 4.69) is 15.6 Å². The average molecular weight is 341 g/mol. The molecule has 0 bridgehead atoms. The second-order valence-electron chi connectivity index (χ2n) is 6.76. The van der Waals surface area contributed by atoms with E-state index in [9.17, 15) is 9.59 Å². The van der Waals surface area contributed by atoms with Gasteiger partial charge in [-0.25, -0.2) is 4.68 Å². The van der Waals surface area contributed by atoms with Crippen LogP contribution in [0.25, 0.3) is 0 Å². The van der Waals surface area contributed by atoms with E-state index >= 15 is 0 Å². The maximum absolute atomic E-state index is 12.7. The van der Waals surface area contributed by atoms with Gasteiger partial charge < -0.3 is 10.2 Å². The van der Waals surface area contributed by atoms with Crippen LogP contribution in [0.4, 0.5) is 0 Å². The van der Waals surface area contributed by atoms with E-state index in [1.165, 1.54) is 0 Å². The molecule has 1 aromatic heterocycles. The first-order chi connectivity index (χ1) is 12.0. The molecule has 0 spiro atoms. The van der Waals surface area contributed by atoms with Gasteiger partial charge in [0, 0.05) is 13.6 Å². The van der Waals surface area contributed by atoms with E-state index in [0.717, 1.165) is 12.0 Å². The van der Waals surface area contributed by atoms with Crippen LogP contribution < -0.4 is 5.32 Å². The Morgan fingerprint density at radius 1 is 1.36 bits per heavy atom. The van der Waals surface area contributed by atoms with Crippen LogP contribution >= 0.6 is 0 Å². The molecule has 2 aromatic rings. The number of fused-ring (bicyclic) bond motifs is 1. The lowest BCUT2D eigenvalue weighted by Gasteiger charge is -2.27. The Balaban J connectivity index is 1.72. The van der Waals surface area contributed by atoms with Crippen molar-refractivity contribution in [3.8, 4) is 0 Å². The highest BCUT2D eigenvalue weighted by atomic mass is 16.2. The molecular weight excluding hydrogens is 318 g/mol. The number of amides is 2. The Morgan fingerprint density at radius 3 is 2.76 bits per heavy atom. The zero-order valence-corrected chi connectivity index (χ0v) is 14.8. The topological polar surface area (TPSA) is 80.1 Å². The smallest absolute Gasteiger partial charge is 0.276 e. The SMILES string of the molecule is CC(C)[C@H]1Cn2nnc(C(=O)N(C)CCc3ccccc3)c2C(=O)N1. The minimum Gasteiger partial charge on any atom is -0.346 e. The number of carbonyl (C=O) groups excluding carboxylic acids is 2.